The zero-order valence-electron chi connectivity index (χ0n) is 7.69. The summed E-state index contributed by atoms with van der Waals surface area (Å²) in [7, 11) is 1.47. The smallest absolute Gasteiger partial charge is 0.181 e. The summed E-state index contributed by atoms with van der Waals surface area (Å²) in [5, 5.41) is 9.33. The standard InChI is InChI=1S/C8H12N2O2.2ClH/c1-12-7-3-5(4-9)2-6(10)8(7)11;;/h2-3,11H,4,9-10H2,1H3;2*1H. The molecule has 0 spiro atoms. The van der Waals surface area contributed by atoms with Crippen molar-refractivity contribution in [1.82, 2.24) is 0 Å². The molecule has 0 bridgehead atoms. The van der Waals surface area contributed by atoms with Crippen LogP contribution in [0.5, 0.6) is 11.5 Å². The second-order valence-corrected chi connectivity index (χ2v) is 2.44. The number of nitrogen functional groups attached to an aromatic ring is 1. The number of halogens is 2. The molecule has 82 valence electrons. The van der Waals surface area contributed by atoms with Crippen LogP contribution in [0, 0.1) is 0 Å². The van der Waals surface area contributed by atoms with Crippen LogP contribution in [0.1, 0.15) is 5.56 Å². The number of nitrogens with two attached hydrogens (primary N) is 2. The first kappa shape index (κ1) is 15.6. The lowest BCUT2D eigenvalue weighted by atomic mass is 10.2. The highest BCUT2D eigenvalue weighted by Gasteiger charge is 2.06. The Kier molecular flexibility index (Phi) is 7.35. The van der Waals surface area contributed by atoms with Gasteiger partial charge in [0.15, 0.2) is 11.5 Å². The predicted octanol–water partition coefficient (Wildman–Crippen LogP) is 1.29. The molecule has 0 fully saturated rings. The van der Waals surface area contributed by atoms with Gasteiger partial charge in [-0.3, -0.25) is 0 Å². The lowest BCUT2D eigenvalue weighted by molar-refractivity contribution is 0.374. The van der Waals surface area contributed by atoms with E-state index in [-0.39, 0.29) is 36.3 Å². The zero-order valence-corrected chi connectivity index (χ0v) is 9.32. The molecule has 1 aromatic carbocycles. The molecule has 0 saturated heterocycles. The van der Waals surface area contributed by atoms with Gasteiger partial charge in [-0.2, -0.15) is 0 Å². The number of hydrogen-bond donors (Lipinski definition) is 3. The maximum atomic E-state index is 9.33. The van der Waals surface area contributed by atoms with Crippen molar-refractivity contribution in [2.75, 3.05) is 12.8 Å². The van der Waals surface area contributed by atoms with E-state index in [1.807, 2.05) is 0 Å². The van der Waals surface area contributed by atoms with E-state index >= 15 is 0 Å². The van der Waals surface area contributed by atoms with Gasteiger partial charge in [-0.15, -0.1) is 24.8 Å². The predicted molar refractivity (Wildman–Crippen MR) is 61.5 cm³/mol. The van der Waals surface area contributed by atoms with E-state index in [1.165, 1.54) is 7.11 Å². The maximum absolute atomic E-state index is 9.33. The molecule has 0 aliphatic rings. The van der Waals surface area contributed by atoms with E-state index in [0.717, 1.165) is 5.56 Å². The van der Waals surface area contributed by atoms with Gasteiger partial charge in [0.2, 0.25) is 0 Å². The van der Waals surface area contributed by atoms with Gasteiger partial charge in [0.25, 0.3) is 0 Å². The molecule has 0 radical (unpaired) electrons. The normalized spacial score (nSPS) is 8.43. The Morgan fingerprint density at radius 1 is 1.36 bits per heavy atom. The largest absolute Gasteiger partial charge is 0.503 e. The Morgan fingerprint density at radius 3 is 2.36 bits per heavy atom. The molecule has 0 amide bonds. The summed E-state index contributed by atoms with van der Waals surface area (Å²) < 4.78 is 4.88. The van der Waals surface area contributed by atoms with E-state index in [9.17, 15) is 5.11 Å². The van der Waals surface area contributed by atoms with Crippen LogP contribution in [0.2, 0.25) is 0 Å². The highest BCUT2D eigenvalue weighted by Crippen LogP contribution is 2.32. The minimum Gasteiger partial charge on any atom is -0.503 e. The number of phenolic OH excluding ortho intramolecular Hbond substituents is 1. The molecule has 0 aliphatic carbocycles. The monoisotopic (exact) mass is 240 g/mol. The summed E-state index contributed by atoms with van der Waals surface area (Å²) in [5.41, 5.74) is 12.0. The number of aromatic hydroxyl groups is 1. The molecule has 0 aromatic heterocycles. The van der Waals surface area contributed by atoms with Gasteiger partial charge in [0, 0.05) is 6.54 Å². The number of hydrogen-bond acceptors (Lipinski definition) is 4. The van der Waals surface area contributed by atoms with E-state index in [0.29, 0.717) is 12.3 Å². The zero-order chi connectivity index (χ0) is 9.14. The fourth-order valence-corrected chi connectivity index (χ4v) is 0.962. The summed E-state index contributed by atoms with van der Waals surface area (Å²) in [4.78, 5) is 0. The molecule has 1 rings (SSSR count). The third-order valence-corrected chi connectivity index (χ3v) is 1.62. The highest BCUT2D eigenvalue weighted by molar-refractivity contribution is 5.85. The van der Waals surface area contributed by atoms with Gasteiger partial charge in [-0.25, -0.2) is 0 Å². The van der Waals surface area contributed by atoms with Crippen LogP contribution >= 0.6 is 24.8 Å². The first-order valence-electron chi connectivity index (χ1n) is 3.54. The number of methoxy groups -OCH3 is 1. The maximum Gasteiger partial charge on any atom is 0.181 e. The molecule has 1 aromatic rings. The van der Waals surface area contributed by atoms with Crippen molar-refractivity contribution in [1.29, 1.82) is 0 Å². The molecule has 0 unspecified atom stereocenters. The van der Waals surface area contributed by atoms with Crippen LogP contribution < -0.4 is 16.2 Å². The number of phenols is 1. The van der Waals surface area contributed by atoms with E-state index in [2.05, 4.69) is 0 Å². The second kappa shape index (κ2) is 6.59. The Balaban J connectivity index is 0. The van der Waals surface area contributed by atoms with Crippen LogP contribution in [-0.4, -0.2) is 12.2 Å². The van der Waals surface area contributed by atoms with Crippen molar-refractivity contribution in [3.05, 3.63) is 17.7 Å². The third-order valence-electron chi connectivity index (χ3n) is 1.62. The highest BCUT2D eigenvalue weighted by atomic mass is 35.5. The summed E-state index contributed by atoms with van der Waals surface area (Å²) in [6, 6.07) is 3.28. The lowest BCUT2D eigenvalue weighted by Crippen LogP contribution is -1.99. The first-order valence-corrected chi connectivity index (χ1v) is 3.54. The topological polar surface area (TPSA) is 81.5 Å². The molecular weight excluding hydrogens is 227 g/mol. The second-order valence-electron chi connectivity index (χ2n) is 2.44. The van der Waals surface area contributed by atoms with Gasteiger partial charge in [0.1, 0.15) is 0 Å². The van der Waals surface area contributed by atoms with Gasteiger partial charge in [-0.05, 0) is 17.7 Å². The van der Waals surface area contributed by atoms with Gasteiger partial charge in [-0.1, -0.05) is 0 Å². The third kappa shape index (κ3) is 3.14. The summed E-state index contributed by atoms with van der Waals surface area (Å²) >= 11 is 0. The molecule has 0 atom stereocenters. The van der Waals surface area contributed by atoms with Crippen LogP contribution in [0.3, 0.4) is 0 Å². The fourth-order valence-electron chi connectivity index (χ4n) is 0.962. The summed E-state index contributed by atoms with van der Waals surface area (Å²) in [6.45, 7) is 0.376. The quantitative estimate of drug-likeness (QED) is 0.538. The van der Waals surface area contributed by atoms with Crippen LogP contribution in [0.15, 0.2) is 12.1 Å². The van der Waals surface area contributed by atoms with Crippen molar-refractivity contribution in [3.63, 3.8) is 0 Å². The van der Waals surface area contributed by atoms with Crippen LogP contribution in [0.25, 0.3) is 0 Å². The molecule has 14 heavy (non-hydrogen) atoms. The van der Waals surface area contributed by atoms with Gasteiger partial charge < -0.3 is 21.3 Å². The fraction of sp³-hybridized carbons (Fsp3) is 0.250. The molecule has 4 nitrogen and oxygen atoms in total. The van der Waals surface area contributed by atoms with Crippen molar-refractivity contribution in [2.24, 2.45) is 5.73 Å². The first-order chi connectivity index (χ1) is 5.69. The van der Waals surface area contributed by atoms with E-state index < -0.39 is 0 Å². The average Bonchev–Trinajstić information content (AvgIpc) is 2.09. The van der Waals surface area contributed by atoms with Crippen LogP contribution in [0.4, 0.5) is 5.69 Å². The molecule has 5 N–H and O–H groups in total. The lowest BCUT2D eigenvalue weighted by Gasteiger charge is -2.07. The molecule has 0 saturated carbocycles. The minimum atomic E-state index is -0.0327. The Bertz CT molecular complexity index is 295. The van der Waals surface area contributed by atoms with Gasteiger partial charge in [0.05, 0.1) is 12.8 Å². The molecule has 0 heterocycles. The SMILES string of the molecule is COc1cc(CN)cc(N)c1O.Cl.Cl. The number of rotatable bonds is 2. The van der Waals surface area contributed by atoms with Crippen molar-refractivity contribution in [3.8, 4) is 11.5 Å². The number of anilines is 1. The molecular formula is C8H14Cl2N2O2. The summed E-state index contributed by atoms with van der Waals surface area (Å²) in [6.07, 6.45) is 0. The Morgan fingerprint density at radius 2 is 1.93 bits per heavy atom. The minimum absolute atomic E-state index is 0. The number of ether oxygens (including phenoxy) is 1. The Labute approximate surface area is 95.1 Å². The van der Waals surface area contributed by atoms with Crippen LogP contribution in [-0.2, 0) is 6.54 Å². The average molecular weight is 241 g/mol. The van der Waals surface area contributed by atoms with E-state index in [1.54, 1.807) is 12.1 Å². The van der Waals surface area contributed by atoms with E-state index in [4.69, 9.17) is 16.2 Å². The van der Waals surface area contributed by atoms with Gasteiger partial charge >= 0.3 is 0 Å². The van der Waals surface area contributed by atoms with Crippen molar-refractivity contribution < 1.29 is 9.84 Å². The molecule has 6 heteroatoms. The molecule has 0 aliphatic heterocycles. The summed E-state index contributed by atoms with van der Waals surface area (Å²) in [5.74, 6) is 0.324. The Hall–Kier alpha value is -0.840. The number of benzene rings is 1. The van der Waals surface area contributed by atoms with Crippen molar-refractivity contribution >= 4 is 30.5 Å². The van der Waals surface area contributed by atoms with Crippen molar-refractivity contribution in [2.45, 2.75) is 6.54 Å².